The molecule has 28 heavy (non-hydrogen) atoms. The van der Waals surface area contributed by atoms with Gasteiger partial charge in [-0.15, -0.1) is 12.4 Å². The lowest BCUT2D eigenvalue weighted by molar-refractivity contribution is -0.110. The van der Waals surface area contributed by atoms with Gasteiger partial charge in [-0.1, -0.05) is 24.2 Å². The third kappa shape index (κ3) is 3.16. The smallest absolute Gasteiger partial charge is 0.278 e. The Morgan fingerprint density at radius 1 is 1.18 bits per heavy atom. The number of hydrogen-bond acceptors (Lipinski definition) is 6. The molecular formula is C18H19ClN4O4S. The molecule has 4 N–H and O–H groups in total. The highest BCUT2D eigenvalue weighted by Crippen LogP contribution is 2.41. The molecule has 2 aliphatic rings. The van der Waals surface area contributed by atoms with Crippen LogP contribution in [0.1, 0.15) is 23.6 Å². The van der Waals surface area contributed by atoms with E-state index in [1.165, 1.54) is 12.1 Å². The number of nitrogens with zero attached hydrogens (tertiary/aromatic N) is 2. The maximum atomic E-state index is 12.1. The van der Waals surface area contributed by atoms with Crippen LogP contribution in [-0.4, -0.2) is 36.7 Å². The summed E-state index contributed by atoms with van der Waals surface area (Å²) in [5, 5.41) is 20.4. The number of anilines is 1. The molecule has 2 heterocycles. The number of fused-ring (bicyclic) bond motifs is 3. The van der Waals surface area contributed by atoms with Gasteiger partial charge in [-0.05, 0) is 47.0 Å². The first kappa shape index (κ1) is 20.3. The molecule has 2 aliphatic heterocycles. The number of benzene rings is 2. The van der Waals surface area contributed by atoms with Gasteiger partial charge in [0.25, 0.3) is 5.91 Å². The molecule has 0 fully saturated rings. The van der Waals surface area contributed by atoms with Crippen molar-refractivity contribution in [1.29, 1.82) is 0 Å². The van der Waals surface area contributed by atoms with Crippen LogP contribution in [0, 0.1) is 0 Å². The van der Waals surface area contributed by atoms with Gasteiger partial charge in [-0.25, -0.2) is 13.6 Å². The quantitative estimate of drug-likeness (QED) is 0.514. The number of amides is 1. The summed E-state index contributed by atoms with van der Waals surface area (Å²) < 4.78 is 23.0. The Morgan fingerprint density at radius 2 is 1.82 bits per heavy atom. The van der Waals surface area contributed by atoms with Crippen molar-refractivity contribution in [2.24, 2.45) is 10.3 Å². The van der Waals surface area contributed by atoms with Gasteiger partial charge in [0.05, 0.1) is 10.6 Å². The van der Waals surface area contributed by atoms with Crippen LogP contribution >= 0.6 is 12.4 Å². The van der Waals surface area contributed by atoms with E-state index in [0.717, 1.165) is 28.8 Å². The molecule has 0 unspecified atom stereocenters. The van der Waals surface area contributed by atoms with Gasteiger partial charge in [-0.2, -0.15) is 0 Å². The van der Waals surface area contributed by atoms with Crippen molar-refractivity contribution in [3.63, 3.8) is 0 Å². The Hall–Kier alpha value is -2.46. The van der Waals surface area contributed by atoms with Crippen LogP contribution in [0.25, 0.3) is 11.1 Å². The molecule has 0 radical (unpaired) electrons. The molecule has 1 amide bonds. The summed E-state index contributed by atoms with van der Waals surface area (Å²) in [5.74, 6) is -0.439. The number of carbonyl (C=O) groups excluding carboxylic acids is 1. The number of sulfonamides is 1. The zero-order valence-corrected chi connectivity index (χ0v) is 16.6. The Labute approximate surface area is 168 Å². The summed E-state index contributed by atoms with van der Waals surface area (Å²) in [6.45, 7) is 4.30. The molecule has 0 spiro atoms. The summed E-state index contributed by atoms with van der Waals surface area (Å²) in [4.78, 5) is 14.4. The van der Waals surface area contributed by atoms with E-state index in [1.54, 1.807) is 12.1 Å². The first-order chi connectivity index (χ1) is 12.8. The summed E-state index contributed by atoms with van der Waals surface area (Å²) in [5.41, 5.74) is 4.94. The van der Waals surface area contributed by atoms with Crippen molar-refractivity contribution in [1.82, 2.24) is 4.90 Å². The fraction of sp³-hybridized carbons (Fsp3) is 0.222. The highest BCUT2D eigenvalue weighted by atomic mass is 35.5. The molecule has 0 aliphatic carbocycles. The third-order valence-electron chi connectivity index (χ3n) is 5.06. The van der Waals surface area contributed by atoms with E-state index < -0.39 is 15.9 Å². The van der Waals surface area contributed by atoms with Crippen LogP contribution in [0.3, 0.4) is 0 Å². The molecule has 10 heteroatoms. The van der Waals surface area contributed by atoms with Crippen LogP contribution < -0.4 is 10.5 Å². The Kier molecular flexibility index (Phi) is 5.20. The van der Waals surface area contributed by atoms with Gasteiger partial charge < -0.3 is 10.5 Å². The summed E-state index contributed by atoms with van der Waals surface area (Å²) in [6, 6.07) is 8.11. The number of primary sulfonamides is 1. The fourth-order valence-electron chi connectivity index (χ4n) is 3.67. The predicted molar refractivity (Wildman–Crippen MR) is 107 cm³/mol. The monoisotopic (exact) mass is 422 g/mol. The van der Waals surface area contributed by atoms with Crippen molar-refractivity contribution >= 4 is 39.7 Å². The molecule has 0 bridgehead atoms. The molecular weight excluding hydrogens is 404 g/mol. The second-order valence-corrected chi connectivity index (χ2v) is 8.14. The minimum absolute atomic E-state index is 0. The number of rotatable bonds is 3. The van der Waals surface area contributed by atoms with E-state index in [9.17, 15) is 18.4 Å². The Morgan fingerprint density at radius 3 is 2.39 bits per heavy atom. The van der Waals surface area contributed by atoms with E-state index >= 15 is 0 Å². The molecule has 0 saturated heterocycles. The average molecular weight is 423 g/mol. The van der Waals surface area contributed by atoms with Gasteiger partial charge in [0.1, 0.15) is 0 Å². The molecule has 8 nitrogen and oxygen atoms in total. The SMILES string of the molecule is CCN1Cc2c(-c3ccc(S(N)(=O)=O)cc3)cc3c(c2C1)NC(=O)C3=NO.Cl. The molecule has 4 rings (SSSR count). The van der Waals surface area contributed by atoms with Crippen molar-refractivity contribution in [2.75, 3.05) is 11.9 Å². The highest BCUT2D eigenvalue weighted by Gasteiger charge is 2.34. The van der Waals surface area contributed by atoms with E-state index in [0.29, 0.717) is 24.3 Å². The number of nitrogens with two attached hydrogens (primary N) is 1. The fourth-order valence-corrected chi connectivity index (χ4v) is 4.18. The topological polar surface area (TPSA) is 125 Å². The van der Waals surface area contributed by atoms with Crippen LogP contribution in [0.2, 0.25) is 0 Å². The first-order valence-corrected chi connectivity index (χ1v) is 9.96. The largest absolute Gasteiger partial charge is 0.410 e. The van der Waals surface area contributed by atoms with E-state index in [2.05, 4.69) is 22.3 Å². The van der Waals surface area contributed by atoms with Crippen molar-refractivity contribution in [2.45, 2.75) is 24.9 Å². The normalized spacial score (nSPS) is 17.2. The van der Waals surface area contributed by atoms with Gasteiger partial charge >= 0.3 is 0 Å². The lowest BCUT2D eigenvalue weighted by Gasteiger charge is -2.13. The van der Waals surface area contributed by atoms with E-state index in [-0.39, 0.29) is 23.0 Å². The minimum Gasteiger partial charge on any atom is -0.410 e. The number of carbonyl (C=O) groups is 1. The zero-order valence-electron chi connectivity index (χ0n) is 15.0. The van der Waals surface area contributed by atoms with Crippen molar-refractivity contribution < 1.29 is 18.4 Å². The average Bonchev–Trinajstić information content (AvgIpc) is 3.20. The summed E-state index contributed by atoms with van der Waals surface area (Å²) in [7, 11) is -3.77. The summed E-state index contributed by atoms with van der Waals surface area (Å²) >= 11 is 0. The molecule has 0 saturated carbocycles. The number of halogens is 1. The Balaban J connectivity index is 0.00000225. The lowest BCUT2D eigenvalue weighted by Crippen LogP contribution is -2.16. The molecule has 148 valence electrons. The standard InChI is InChI=1S/C18H18N4O4S.ClH/c1-2-22-8-14-12(10-3-5-11(6-4-10)27(19,25)26)7-13-16(15(14)9-22)20-18(23)17(13)21-24;/h3-7,24H,2,8-9H2,1H3,(H2,19,25,26)(H,20,21,23);1H. The van der Waals surface area contributed by atoms with Crippen molar-refractivity contribution in [3.05, 3.63) is 47.0 Å². The molecule has 0 atom stereocenters. The van der Waals surface area contributed by atoms with E-state index in [1.807, 2.05) is 6.07 Å². The third-order valence-corrected chi connectivity index (χ3v) is 5.99. The maximum absolute atomic E-state index is 12.1. The van der Waals surface area contributed by atoms with Crippen LogP contribution in [0.5, 0.6) is 0 Å². The van der Waals surface area contributed by atoms with Gasteiger partial charge in [0, 0.05) is 18.7 Å². The van der Waals surface area contributed by atoms with E-state index in [4.69, 9.17) is 5.14 Å². The number of nitrogens with one attached hydrogen (secondary N) is 1. The molecule has 2 aromatic rings. The highest BCUT2D eigenvalue weighted by molar-refractivity contribution is 7.89. The number of oxime groups is 1. The zero-order chi connectivity index (χ0) is 19.3. The van der Waals surface area contributed by atoms with Gasteiger partial charge in [0.15, 0.2) is 5.71 Å². The van der Waals surface area contributed by atoms with Gasteiger partial charge in [-0.3, -0.25) is 9.69 Å². The first-order valence-electron chi connectivity index (χ1n) is 8.41. The maximum Gasteiger partial charge on any atom is 0.278 e. The number of hydrogen-bond donors (Lipinski definition) is 3. The molecule has 2 aromatic carbocycles. The van der Waals surface area contributed by atoms with Crippen LogP contribution in [-0.2, 0) is 27.9 Å². The summed E-state index contributed by atoms with van der Waals surface area (Å²) in [6.07, 6.45) is 0. The predicted octanol–water partition coefficient (Wildman–Crippen LogP) is 1.89. The lowest BCUT2D eigenvalue weighted by atomic mass is 9.92. The Bertz CT molecular complexity index is 1100. The minimum atomic E-state index is -3.77. The molecule has 0 aromatic heterocycles. The van der Waals surface area contributed by atoms with Gasteiger partial charge in [0.2, 0.25) is 10.0 Å². The van der Waals surface area contributed by atoms with Crippen LogP contribution in [0.4, 0.5) is 5.69 Å². The second kappa shape index (κ2) is 7.17. The second-order valence-electron chi connectivity index (χ2n) is 6.58. The van der Waals surface area contributed by atoms with Crippen molar-refractivity contribution in [3.8, 4) is 11.1 Å². The van der Waals surface area contributed by atoms with Crippen LogP contribution in [0.15, 0.2) is 40.4 Å².